The van der Waals surface area contributed by atoms with Crippen LogP contribution in [-0.2, 0) is 0 Å². The van der Waals surface area contributed by atoms with Crippen molar-refractivity contribution in [2.24, 2.45) is 0 Å². The third-order valence-corrected chi connectivity index (χ3v) is 1.84. The molecule has 0 aliphatic heterocycles. The molecule has 1 aromatic carbocycles. The lowest BCUT2D eigenvalue weighted by molar-refractivity contribution is -0.0498. The number of rotatable bonds is 3. The van der Waals surface area contributed by atoms with Gasteiger partial charge in [-0.15, -0.1) is 5.10 Å². The van der Waals surface area contributed by atoms with Crippen molar-refractivity contribution in [3.8, 4) is 17.1 Å². The summed E-state index contributed by atoms with van der Waals surface area (Å²) < 4.78 is 28.2. The first-order chi connectivity index (χ1) is 7.65. The van der Waals surface area contributed by atoms with E-state index in [9.17, 15) is 8.78 Å². The van der Waals surface area contributed by atoms with E-state index in [0.717, 1.165) is 0 Å². The predicted octanol–water partition coefficient (Wildman–Crippen LogP) is 1.66. The molecule has 2 rings (SSSR count). The fourth-order valence-electron chi connectivity index (χ4n) is 1.22. The van der Waals surface area contributed by atoms with Crippen LogP contribution >= 0.6 is 0 Å². The minimum absolute atomic E-state index is 0.0578. The van der Waals surface area contributed by atoms with Gasteiger partial charge in [0.2, 0.25) is 5.95 Å². The van der Waals surface area contributed by atoms with Crippen LogP contribution in [0.1, 0.15) is 0 Å². The topological polar surface area (TPSA) is 76.8 Å². The summed E-state index contributed by atoms with van der Waals surface area (Å²) in [5.74, 6) is 0.551. The molecule has 7 heteroatoms. The summed E-state index contributed by atoms with van der Waals surface area (Å²) in [6, 6.07) is 6.10. The van der Waals surface area contributed by atoms with E-state index >= 15 is 0 Å². The van der Waals surface area contributed by atoms with Gasteiger partial charge in [-0.2, -0.15) is 13.8 Å². The second-order valence-electron chi connectivity index (χ2n) is 2.95. The number of alkyl halides is 2. The van der Waals surface area contributed by atoms with Crippen LogP contribution in [0.4, 0.5) is 14.7 Å². The van der Waals surface area contributed by atoms with Crippen molar-refractivity contribution in [3.63, 3.8) is 0 Å². The Morgan fingerprint density at radius 1 is 1.38 bits per heavy atom. The standard InChI is InChI=1S/C9H8F2N4O/c10-8(11)16-6-3-1-2-5(4-6)7-13-9(12)15-14-7/h1-4,8H,(H3,12,13,14,15). The summed E-state index contributed by atoms with van der Waals surface area (Å²) in [5.41, 5.74) is 5.90. The quantitative estimate of drug-likeness (QED) is 0.834. The lowest BCUT2D eigenvalue weighted by Crippen LogP contribution is -2.01. The summed E-state index contributed by atoms with van der Waals surface area (Å²) in [7, 11) is 0. The molecule has 0 atom stereocenters. The van der Waals surface area contributed by atoms with Crippen molar-refractivity contribution in [1.29, 1.82) is 0 Å². The van der Waals surface area contributed by atoms with Gasteiger partial charge < -0.3 is 10.5 Å². The second kappa shape index (κ2) is 4.13. The maximum absolute atomic E-state index is 12.0. The normalized spacial score (nSPS) is 10.7. The fourth-order valence-corrected chi connectivity index (χ4v) is 1.22. The summed E-state index contributed by atoms with van der Waals surface area (Å²) in [6.45, 7) is -2.85. The fraction of sp³-hybridized carbons (Fsp3) is 0.111. The van der Waals surface area contributed by atoms with E-state index in [1.54, 1.807) is 12.1 Å². The maximum Gasteiger partial charge on any atom is 0.387 e. The van der Waals surface area contributed by atoms with Crippen molar-refractivity contribution in [2.45, 2.75) is 6.61 Å². The van der Waals surface area contributed by atoms with Gasteiger partial charge in [0, 0.05) is 5.56 Å². The van der Waals surface area contributed by atoms with Crippen molar-refractivity contribution in [2.75, 3.05) is 5.73 Å². The van der Waals surface area contributed by atoms with E-state index in [1.807, 2.05) is 0 Å². The number of halogens is 2. The molecule has 0 amide bonds. The van der Waals surface area contributed by atoms with Gasteiger partial charge >= 0.3 is 6.61 Å². The molecule has 0 saturated carbocycles. The Morgan fingerprint density at radius 2 is 2.19 bits per heavy atom. The van der Waals surface area contributed by atoms with Crippen LogP contribution < -0.4 is 10.5 Å². The zero-order valence-electron chi connectivity index (χ0n) is 8.02. The molecule has 3 N–H and O–H groups in total. The number of benzene rings is 1. The minimum atomic E-state index is -2.85. The van der Waals surface area contributed by atoms with Crippen LogP contribution in [0.2, 0.25) is 0 Å². The Morgan fingerprint density at radius 3 is 2.81 bits per heavy atom. The molecule has 84 valence electrons. The molecule has 0 bridgehead atoms. The molecule has 0 fully saturated rings. The summed E-state index contributed by atoms with van der Waals surface area (Å²) in [6.07, 6.45) is 0. The molecule has 1 heterocycles. The molecule has 5 nitrogen and oxygen atoms in total. The molecule has 0 radical (unpaired) electrons. The minimum Gasteiger partial charge on any atom is -0.435 e. The number of H-pyrrole nitrogens is 1. The van der Waals surface area contributed by atoms with Crippen LogP contribution in [0, 0.1) is 0 Å². The van der Waals surface area contributed by atoms with Crippen LogP contribution in [0.5, 0.6) is 5.75 Å². The van der Waals surface area contributed by atoms with E-state index < -0.39 is 6.61 Å². The number of ether oxygens (including phenoxy) is 1. The highest BCUT2D eigenvalue weighted by Crippen LogP contribution is 2.22. The highest BCUT2D eigenvalue weighted by atomic mass is 19.3. The van der Waals surface area contributed by atoms with E-state index in [0.29, 0.717) is 11.4 Å². The lowest BCUT2D eigenvalue weighted by atomic mass is 10.2. The van der Waals surface area contributed by atoms with Crippen molar-refractivity contribution >= 4 is 5.95 Å². The zero-order chi connectivity index (χ0) is 11.5. The Hall–Kier alpha value is -2.18. The summed E-state index contributed by atoms with van der Waals surface area (Å²) in [5, 5.41) is 6.21. The van der Waals surface area contributed by atoms with E-state index in [1.165, 1.54) is 12.1 Å². The largest absolute Gasteiger partial charge is 0.435 e. The average molecular weight is 226 g/mol. The number of hydrogen-bond donors (Lipinski definition) is 2. The molecule has 0 spiro atoms. The van der Waals surface area contributed by atoms with Crippen molar-refractivity contribution in [3.05, 3.63) is 24.3 Å². The Kier molecular flexibility index (Phi) is 2.67. The van der Waals surface area contributed by atoms with Gasteiger partial charge in [-0.05, 0) is 12.1 Å². The molecule has 0 saturated heterocycles. The second-order valence-corrected chi connectivity index (χ2v) is 2.95. The number of hydrogen-bond acceptors (Lipinski definition) is 4. The molecule has 16 heavy (non-hydrogen) atoms. The first-order valence-corrected chi connectivity index (χ1v) is 4.38. The van der Waals surface area contributed by atoms with E-state index in [-0.39, 0.29) is 11.7 Å². The average Bonchev–Trinajstić information content (AvgIpc) is 2.64. The smallest absolute Gasteiger partial charge is 0.387 e. The number of aromatic nitrogens is 3. The van der Waals surface area contributed by atoms with Gasteiger partial charge in [0.25, 0.3) is 0 Å². The SMILES string of the molecule is Nc1n[nH]c(-c2cccc(OC(F)F)c2)n1. The molecular formula is C9H8F2N4O. The molecule has 2 aromatic rings. The first kappa shape index (κ1) is 10.3. The summed E-state index contributed by atoms with van der Waals surface area (Å²) in [4.78, 5) is 3.87. The van der Waals surface area contributed by atoms with E-state index in [2.05, 4.69) is 19.9 Å². The maximum atomic E-state index is 12.0. The van der Waals surface area contributed by atoms with E-state index in [4.69, 9.17) is 5.73 Å². The van der Waals surface area contributed by atoms with Crippen molar-refractivity contribution < 1.29 is 13.5 Å². The molecule has 0 aliphatic carbocycles. The number of nitrogen functional groups attached to an aromatic ring is 1. The molecule has 0 unspecified atom stereocenters. The molecular weight excluding hydrogens is 218 g/mol. The zero-order valence-corrected chi connectivity index (χ0v) is 8.02. The highest BCUT2D eigenvalue weighted by Gasteiger charge is 2.07. The van der Waals surface area contributed by atoms with Crippen molar-refractivity contribution in [1.82, 2.24) is 15.2 Å². The Labute approximate surface area is 89.3 Å². The molecule has 0 aliphatic rings. The van der Waals surface area contributed by atoms with Gasteiger partial charge in [-0.25, -0.2) is 0 Å². The van der Waals surface area contributed by atoms with Gasteiger partial charge in [0.05, 0.1) is 0 Å². The number of nitrogens with two attached hydrogens (primary N) is 1. The third kappa shape index (κ3) is 2.25. The number of nitrogens with zero attached hydrogens (tertiary/aromatic N) is 2. The van der Waals surface area contributed by atoms with Gasteiger partial charge in [-0.1, -0.05) is 12.1 Å². The van der Waals surface area contributed by atoms with Gasteiger partial charge in [-0.3, -0.25) is 5.10 Å². The first-order valence-electron chi connectivity index (χ1n) is 4.38. The Balaban J connectivity index is 2.28. The molecule has 1 aromatic heterocycles. The predicted molar refractivity (Wildman–Crippen MR) is 52.9 cm³/mol. The van der Waals surface area contributed by atoms with Gasteiger partial charge in [0.1, 0.15) is 5.75 Å². The Bertz CT molecular complexity index is 486. The van der Waals surface area contributed by atoms with Gasteiger partial charge in [0.15, 0.2) is 5.82 Å². The van der Waals surface area contributed by atoms with Crippen LogP contribution in [0.25, 0.3) is 11.4 Å². The van der Waals surface area contributed by atoms with Crippen LogP contribution in [-0.4, -0.2) is 21.8 Å². The highest BCUT2D eigenvalue weighted by molar-refractivity contribution is 5.58. The number of nitrogens with one attached hydrogen (secondary N) is 1. The number of aromatic amines is 1. The van der Waals surface area contributed by atoms with Crippen LogP contribution in [0.15, 0.2) is 24.3 Å². The summed E-state index contributed by atoms with van der Waals surface area (Å²) >= 11 is 0. The lowest BCUT2D eigenvalue weighted by Gasteiger charge is -2.04. The third-order valence-electron chi connectivity index (χ3n) is 1.84. The number of anilines is 1. The monoisotopic (exact) mass is 226 g/mol. The van der Waals surface area contributed by atoms with Crippen LogP contribution in [0.3, 0.4) is 0 Å².